The summed E-state index contributed by atoms with van der Waals surface area (Å²) in [5, 5.41) is 4.92. The summed E-state index contributed by atoms with van der Waals surface area (Å²) in [6.45, 7) is 4.48. The molecule has 1 saturated heterocycles. The summed E-state index contributed by atoms with van der Waals surface area (Å²) in [4.78, 5) is 14.3. The van der Waals surface area contributed by atoms with Crippen molar-refractivity contribution in [1.29, 1.82) is 0 Å². The van der Waals surface area contributed by atoms with Crippen LogP contribution in [0.15, 0.2) is 53.4 Å². The Kier molecular flexibility index (Phi) is 9.17. The molecule has 8 nitrogen and oxygen atoms in total. The standard InChI is InChI=1S/C24H30ClIN6O2S/c1-30(18-26)11-5-10-27-24-21-8-2-3-9-22(21)28-23(29-24)17-31-12-14-32(15-13-31)35(33,34)20-7-4-6-19(25)16-20/h2-4,6-9,16H,5,10-15,17-18H2,1H3,(H,27,28,29). The summed E-state index contributed by atoms with van der Waals surface area (Å²) >= 11 is 8.37. The van der Waals surface area contributed by atoms with Crippen LogP contribution in [0.5, 0.6) is 0 Å². The molecule has 1 fully saturated rings. The van der Waals surface area contributed by atoms with Gasteiger partial charge in [0.2, 0.25) is 10.0 Å². The first-order valence-corrected chi connectivity index (χ1v) is 14.9. The highest BCUT2D eigenvalue weighted by molar-refractivity contribution is 14.1. The zero-order valence-electron chi connectivity index (χ0n) is 19.7. The molecule has 188 valence electrons. The Morgan fingerprint density at radius 1 is 1.09 bits per heavy atom. The highest BCUT2D eigenvalue weighted by Gasteiger charge is 2.29. The molecule has 3 aromatic rings. The van der Waals surface area contributed by atoms with Gasteiger partial charge in [-0.25, -0.2) is 18.4 Å². The molecule has 2 heterocycles. The lowest BCUT2D eigenvalue weighted by Crippen LogP contribution is -2.48. The van der Waals surface area contributed by atoms with E-state index >= 15 is 0 Å². The fourth-order valence-electron chi connectivity index (χ4n) is 4.05. The van der Waals surface area contributed by atoms with Crippen LogP contribution in [0.4, 0.5) is 5.82 Å². The second-order valence-corrected chi connectivity index (χ2v) is 11.7. The van der Waals surface area contributed by atoms with Gasteiger partial charge in [-0.05, 0) is 43.8 Å². The summed E-state index contributed by atoms with van der Waals surface area (Å²) in [7, 11) is -1.44. The Hall–Kier alpha value is -1.57. The van der Waals surface area contributed by atoms with E-state index in [9.17, 15) is 8.42 Å². The molecule has 1 aliphatic heterocycles. The van der Waals surface area contributed by atoms with E-state index in [0.717, 1.165) is 46.6 Å². The van der Waals surface area contributed by atoms with Gasteiger partial charge >= 0.3 is 0 Å². The lowest BCUT2D eigenvalue weighted by Gasteiger charge is -2.33. The number of piperazine rings is 1. The second kappa shape index (κ2) is 12.1. The monoisotopic (exact) mass is 628 g/mol. The highest BCUT2D eigenvalue weighted by Crippen LogP contribution is 2.23. The van der Waals surface area contributed by atoms with Crippen molar-refractivity contribution in [2.24, 2.45) is 0 Å². The van der Waals surface area contributed by atoms with Crippen molar-refractivity contribution >= 4 is 60.9 Å². The van der Waals surface area contributed by atoms with Crippen molar-refractivity contribution in [3.05, 3.63) is 59.4 Å². The van der Waals surface area contributed by atoms with Crippen LogP contribution in [0.25, 0.3) is 10.9 Å². The third-order valence-corrected chi connectivity index (χ3v) is 9.29. The number of sulfonamides is 1. The molecule has 1 aromatic heterocycles. The normalized spacial score (nSPS) is 15.7. The number of nitrogens with one attached hydrogen (secondary N) is 1. The Bertz CT molecular complexity index is 1250. The van der Waals surface area contributed by atoms with E-state index in [-0.39, 0.29) is 4.90 Å². The molecular weight excluding hydrogens is 599 g/mol. The number of benzene rings is 2. The van der Waals surface area contributed by atoms with Crippen LogP contribution in [-0.4, -0.2) is 83.4 Å². The van der Waals surface area contributed by atoms with Crippen LogP contribution in [-0.2, 0) is 16.6 Å². The maximum atomic E-state index is 13.0. The summed E-state index contributed by atoms with van der Waals surface area (Å²) in [5.41, 5.74) is 0.909. The Balaban J connectivity index is 1.41. The van der Waals surface area contributed by atoms with Crippen molar-refractivity contribution in [3.8, 4) is 0 Å². The van der Waals surface area contributed by atoms with E-state index in [1.165, 1.54) is 10.4 Å². The fraction of sp³-hybridized carbons (Fsp3) is 0.417. The lowest BCUT2D eigenvalue weighted by molar-refractivity contribution is 0.178. The number of alkyl halides is 1. The van der Waals surface area contributed by atoms with Crippen molar-refractivity contribution in [1.82, 2.24) is 24.1 Å². The topological polar surface area (TPSA) is 81.7 Å². The number of nitrogens with zero attached hydrogens (tertiary/aromatic N) is 5. The van der Waals surface area contributed by atoms with E-state index in [0.29, 0.717) is 37.7 Å². The average molecular weight is 629 g/mol. The summed E-state index contributed by atoms with van der Waals surface area (Å²) in [6.07, 6.45) is 1.02. The molecule has 0 amide bonds. The van der Waals surface area contributed by atoms with E-state index in [1.54, 1.807) is 18.2 Å². The predicted molar refractivity (Wildman–Crippen MR) is 150 cm³/mol. The van der Waals surface area contributed by atoms with Gasteiger partial charge in [-0.2, -0.15) is 4.31 Å². The number of hydrogen-bond donors (Lipinski definition) is 1. The van der Waals surface area contributed by atoms with E-state index in [4.69, 9.17) is 21.6 Å². The summed E-state index contributed by atoms with van der Waals surface area (Å²) in [6, 6.07) is 14.5. The maximum Gasteiger partial charge on any atom is 0.243 e. The van der Waals surface area contributed by atoms with Crippen molar-refractivity contribution in [2.75, 3.05) is 56.2 Å². The minimum absolute atomic E-state index is 0.233. The smallest absolute Gasteiger partial charge is 0.243 e. The van der Waals surface area contributed by atoms with Gasteiger partial charge in [-0.15, -0.1) is 0 Å². The molecule has 0 aliphatic carbocycles. The number of fused-ring (bicyclic) bond motifs is 1. The number of hydrogen-bond acceptors (Lipinski definition) is 7. The first-order chi connectivity index (χ1) is 16.9. The first-order valence-electron chi connectivity index (χ1n) is 11.6. The minimum atomic E-state index is -3.56. The molecule has 11 heteroatoms. The second-order valence-electron chi connectivity index (χ2n) is 8.62. The SMILES string of the molecule is CN(CI)CCCNc1nc(CN2CCN(S(=O)(=O)c3cccc(Cl)c3)CC2)nc2ccccc12. The van der Waals surface area contributed by atoms with Gasteiger partial charge in [0.15, 0.2) is 0 Å². The van der Waals surface area contributed by atoms with Crippen LogP contribution < -0.4 is 5.32 Å². The zero-order valence-corrected chi connectivity index (χ0v) is 23.4. The van der Waals surface area contributed by atoms with Gasteiger partial charge in [-0.3, -0.25) is 9.80 Å². The molecule has 1 N–H and O–H groups in total. The van der Waals surface area contributed by atoms with Crippen molar-refractivity contribution < 1.29 is 8.42 Å². The van der Waals surface area contributed by atoms with Gasteiger partial charge in [0.25, 0.3) is 0 Å². The van der Waals surface area contributed by atoms with E-state index in [2.05, 4.69) is 44.8 Å². The van der Waals surface area contributed by atoms with E-state index < -0.39 is 10.0 Å². The van der Waals surface area contributed by atoms with Crippen LogP contribution in [0.1, 0.15) is 12.2 Å². The number of para-hydroxylation sites is 1. The Labute approximate surface area is 225 Å². The fourth-order valence-corrected chi connectivity index (χ4v) is 6.11. The van der Waals surface area contributed by atoms with Crippen LogP contribution in [0.3, 0.4) is 0 Å². The zero-order chi connectivity index (χ0) is 24.8. The molecule has 0 spiro atoms. The molecule has 2 aromatic carbocycles. The first kappa shape index (κ1) is 26.5. The average Bonchev–Trinajstić information content (AvgIpc) is 2.86. The quantitative estimate of drug-likeness (QED) is 0.158. The molecule has 0 atom stereocenters. The van der Waals surface area contributed by atoms with Crippen LogP contribution in [0.2, 0.25) is 5.02 Å². The van der Waals surface area contributed by atoms with Gasteiger partial charge in [0.1, 0.15) is 11.6 Å². The van der Waals surface area contributed by atoms with Crippen LogP contribution in [0, 0.1) is 0 Å². The number of anilines is 1. The maximum absolute atomic E-state index is 13.0. The molecule has 1 aliphatic rings. The van der Waals surface area contributed by atoms with Crippen molar-refractivity contribution in [3.63, 3.8) is 0 Å². The Morgan fingerprint density at radius 3 is 2.60 bits per heavy atom. The molecule has 0 unspecified atom stereocenters. The molecule has 0 radical (unpaired) electrons. The number of halogens is 2. The van der Waals surface area contributed by atoms with Gasteiger partial charge in [-0.1, -0.05) is 52.4 Å². The molecule has 0 saturated carbocycles. The highest BCUT2D eigenvalue weighted by atomic mass is 127. The molecule has 4 rings (SSSR count). The number of aromatic nitrogens is 2. The summed E-state index contributed by atoms with van der Waals surface area (Å²) < 4.78 is 28.5. The molecule has 0 bridgehead atoms. The molecular formula is C24H30ClIN6O2S. The lowest BCUT2D eigenvalue weighted by atomic mass is 10.2. The van der Waals surface area contributed by atoms with Crippen LogP contribution >= 0.6 is 34.2 Å². The Morgan fingerprint density at radius 2 is 1.86 bits per heavy atom. The van der Waals surface area contributed by atoms with Gasteiger partial charge in [0, 0.05) is 49.7 Å². The van der Waals surface area contributed by atoms with Gasteiger partial charge < -0.3 is 5.32 Å². The summed E-state index contributed by atoms with van der Waals surface area (Å²) in [5.74, 6) is 1.59. The largest absolute Gasteiger partial charge is 0.369 e. The minimum Gasteiger partial charge on any atom is -0.369 e. The van der Waals surface area contributed by atoms with E-state index in [1.807, 2.05) is 24.3 Å². The third-order valence-electron chi connectivity index (χ3n) is 5.99. The van der Waals surface area contributed by atoms with Crippen molar-refractivity contribution in [2.45, 2.75) is 17.9 Å². The predicted octanol–water partition coefficient (Wildman–Crippen LogP) is 3.92. The van der Waals surface area contributed by atoms with Gasteiger partial charge in [0.05, 0.1) is 21.5 Å². The third kappa shape index (κ3) is 6.80. The molecule has 35 heavy (non-hydrogen) atoms. The number of rotatable bonds is 10.